The zero-order valence-electron chi connectivity index (χ0n) is 14.6. The van der Waals surface area contributed by atoms with E-state index in [0.29, 0.717) is 17.5 Å². The van der Waals surface area contributed by atoms with Crippen molar-refractivity contribution in [1.29, 1.82) is 5.26 Å². The van der Waals surface area contributed by atoms with Crippen molar-refractivity contribution in [2.75, 3.05) is 26.2 Å². The van der Waals surface area contributed by atoms with Gasteiger partial charge < -0.3 is 0 Å². The highest BCUT2D eigenvalue weighted by molar-refractivity contribution is 5.00. The van der Waals surface area contributed by atoms with E-state index < -0.39 is 0 Å². The highest BCUT2D eigenvalue weighted by atomic mass is 15.3. The number of rotatable bonds is 2. The Morgan fingerprint density at radius 1 is 1.19 bits per heavy atom. The van der Waals surface area contributed by atoms with Crippen LogP contribution in [0.1, 0.15) is 53.9 Å². The molecule has 1 heterocycles. The minimum atomic E-state index is 0.240. The molecular formula is C18H33N3. The maximum absolute atomic E-state index is 9.56. The molecule has 0 amide bonds. The Hall–Kier alpha value is -0.590. The van der Waals surface area contributed by atoms with Crippen molar-refractivity contribution in [3.8, 4) is 6.07 Å². The molecular weight excluding hydrogens is 258 g/mol. The van der Waals surface area contributed by atoms with Gasteiger partial charge in [0, 0.05) is 31.7 Å². The van der Waals surface area contributed by atoms with Gasteiger partial charge in [-0.05, 0) is 44.1 Å². The zero-order chi connectivity index (χ0) is 15.6. The number of likely N-dealkylation sites (N-methyl/N-ethyl adjacent to an activating group) is 1. The van der Waals surface area contributed by atoms with Crippen molar-refractivity contribution in [3.05, 3.63) is 0 Å². The Morgan fingerprint density at radius 2 is 1.90 bits per heavy atom. The van der Waals surface area contributed by atoms with Gasteiger partial charge in [0.2, 0.25) is 0 Å². The normalized spacial score (nSPS) is 36.4. The third-order valence-corrected chi connectivity index (χ3v) is 5.88. The number of hydrogen-bond donors (Lipinski definition) is 0. The van der Waals surface area contributed by atoms with E-state index >= 15 is 0 Å². The lowest BCUT2D eigenvalue weighted by Gasteiger charge is -2.48. The van der Waals surface area contributed by atoms with Gasteiger partial charge in [0.1, 0.15) is 0 Å². The molecule has 1 saturated heterocycles. The number of hydrogen-bond acceptors (Lipinski definition) is 3. The predicted octanol–water partition coefficient (Wildman–Crippen LogP) is 3.37. The van der Waals surface area contributed by atoms with E-state index in [1.165, 1.54) is 12.8 Å². The molecule has 3 nitrogen and oxygen atoms in total. The Balaban J connectivity index is 2.06. The first-order valence-corrected chi connectivity index (χ1v) is 8.74. The number of piperazine rings is 1. The van der Waals surface area contributed by atoms with E-state index in [1.807, 2.05) is 0 Å². The van der Waals surface area contributed by atoms with Crippen LogP contribution in [0.5, 0.6) is 0 Å². The fourth-order valence-electron chi connectivity index (χ4n) is 4.28. The lowest BCUT2D eigenvalue weighted by molar-refractivity contribution is 0.00844. The van der Waals surface area contributed by atoms with E-state index in [4.69, 9.17) is 0 Å². The molecule has 2 aliphatic rings. The highest BCUT2D eigenvalue weighted by Gasteiger charge is 2.40. The minimum absolute atomic E-state index is 0.240. The molecule has 0 aromatic rings. The second kappa shape index (κ2) is 6.67. The molecule has 4 atom stereocenters. The van der Waals surface area contributed by atoms with Crippen LogP contribution in [0.15, 0.2) is 0 Å². The van der Waals surface area contributed by atoms with Crippen LogP contribution in [0, 0.1) is 28.6 Å². The Morgan fingerprint density at radius 3 is 2.43 bits per heavy atom. The molecule has 120 valence electrons. The van der Waals surface area contributed by atoms with Crippen molar-refractivity contribution in [2.45, 2.75) is 66.0 Å². The quantitative estimate of drug-likeness (QED) is 0.781. The first kappa shape index (κ1) is 16.8. The van der Waals surface area contributed by atoms with Gasteiger partial charge in [-0.1, -0.05) is 27.7 Å². The largest absolute Gasteiger partial charge is 0.298 e. The Bertz CT molecular complexity index is 379. The van der Waals surface area contributed by atoms with E-state index in [9.17, 15) is 5.26 Å². The molecule has 1 aliphatic heterocycles. The summed E-state index contributed by atoms with van der Waals surface area (Å²) >= 11 is 0. The molecule has 4 unspecified atom stereocenters. The van der Waals surface area contributed by atoms with Gasteiger partial charge in [0.25, 0.3) is 0 Å². The van der Waals surface area contributed by atoms with Crippen LogP contribution in [0.2, 0.25) is 0 Å². The molecule has 0 radical (unpaired) electrons. The number of nitriles is 1. The lowest BCUT2D eigenvalue weighted by atomic mass is 9.67. The van der Waals surface area contributed by atoms with Crippen LogP contribution in [0.4, 0.5) is 0 Å². The van der Waals surface area contributed by atoms with Crippen molar-refractivity contribution in [2.24, 2.45) is 17.3 Å². The van der Waals surface area contributed by atoms with Gasteiger partial charge in [-0.15, -0.1) is 0 Å². The van der Waals surface area contributed by atoms with Crippen molar-refractivity contribution in [1.82, 2.24) is 9.80 Å². The summed E-state index contributed by atoms with van der Waals surface area (Å²) in [5, 5.41) is 9.56. The van der Waals surface area contributed by atoms with Gasteiger partial charge in [0.15, 0.2) is 0 Å². The molecule has 0 bridgehead atoms. The first-order valence-electron chi connectivity index (χ1n) is 8.74. The second-order valence-corrected chi connectivity index (χ2v) is 8.15. The van der Waals surface area contributed by atoms with Gasteiger partial charge in [-0.25, -0.2) is 0 Å². The maximum Gasteiger partial charge on any atom is 0.0672 e. The zero-order valence-corrected chi connectivity index (χ0v) is 14.6. The number of nitrogens with zero attached hydrogens (tertiary/aromatic N) is 3. The van der Waals surface area contributed by atoms with Crippen LogP contribution in [0.25, 0.3) is 0 Å². The third kappa shape index (κ3) is 3.79. The van der Waals surface area contributed by atoms with Gasteiger partial charge in [-0.2, -0.15) is 5.26 Å². The van der Waals surface area contributed by atoms with Crippen LogP contribution in [-0.2, 0) is 0 Å². The molecule has 0 aromatic carbocycles. The van der Waals surface area contributed by atoms with Crippen molar-refractivity contribution < 1.29 is 0 Å². The summed E-state index contributed by atoms with van der Waals surface area (Å²) in [5.41, 5.74) is 0.371. The summed E-state index contributed by atoms with van der Waals surface area (Å²) in [7, 11) is 0. The molecule has 1 aliphatic carbocycles. The fraction of sp³-hybridized carbons (Fsp3) is 0.944. The molecule has 2 fully saturated rings. The van der Waals surface area contributed by atoms with E-state index in [1.54, 1.807) is 0 Å². The molecule has 1 saturated carbocycles. The SMILES string of the molecule is CCN1CCN(C2CC(C(C)(C)C)CCC2C#N)CC1C. The van der Waals surface area contributed by atoms with E-state index in [2.05, 4.69) is 50.5 Å². The van der Waals surface area contributed by atoms with Gasteiger partial charge in [-0.3, -0.25) is 9.80 Å². The van der Waals surface area contributed by atoms with Gasteiger partial charge >= 0.3 is 0 Å². The van der Waals surface area contributed by atoms with Gasteiger partial charge in [0.05, 0.1) is 12.0 Å². The molecule has 2 rings (SSSR count). The molecule has 0 spiro atoms. The highest BCUT2D eigenvalue weighted by Crippen LogP contribution is 2.41. The molecule has 0 N–H and O–H groups in total. The van der Waals surface area contributed by atoms with Crippen LogP contribution in [0.3, 0.4) is 0 Å². The fourth-order valence-corrected chi connectivity index (χ4v) is 4.28. The summed E-state index contributed by atoms with van der Waals surface area (Å²) in [6.45, 7) is 16.2. The van der Waals surface area contributed by atoms with Crippen LogP contribution < -0.4 is 0 Å². The minimum Gasteiger partial charge on any atom is -0.298 e. The summed E-state index contributed by atoms with van der Waals surface area (Å²) in [4.78, 5) is 5.19. The summed E-state index contributed by atoms with van der Waals surface area (Å²) in [5.74, 6) is 0.996. The topological polar surface area (TPSA) is 30.3 Å². The first-order chi connectivity index (χ1) is 9.86. The molecule has 0 aromatic heterocycles. The average molecular weight is 291 g/mol. The van der Waals surface area contributed by atoms with E-state index in [-0.39, 0.29) is 5.92 Å². The van der Waals surface area contributed by atoms with E-state index in [0.717, 1.165) is 38.5 Å². The predicted molar refractivity (Wildman–Crippen MR) is 88.0 cm³/mol. The van der Waals surface area contributed by atoms with Crippen LogP contribution in [-0.4, -0.2) is 48.1 Å². The van der Waals surface area contributed by atoms with Crippen molar-refractivity contribution in [3.63, 3.8) is 0 Å². The summed E-state index contributed by atoms with van der Waals surface area (Å²) in [6.07, 6.45) is 3.52. The summed E-state index contributed by atoms with van der Waals surface area (Å²) in [6, 6.07) is 3.71. The van der Waals surface area contributed by atoms with Crippen molar-refractivity contribution >= 4 is 0 Å². The third-order valence-electron chi connectivity index (χ3n) is 5.88. The molecule has 3 heteroatoms. The molecule has 21 heavy (non-hydrogen) atoms. The lowest BCUT2D eigenvalue weighted by Crippen LogP contribution is -2.57. The second-order valence-electron chi connectivity index (χ2n) is 8.15. The summed E-state index contributed by atoms with van der Waals surface area (Å²) < 4.78 is 0. The standard InChI is InChI=1S/C18H33N3/c1-6-20-9-10-21(13-14(20)2)17-11-16(18(3,4)5)8-7-15(17)12-19/h14-17H,6-11,13H2,1-5H3. The monoisotopic (exact) mass is 291 g/mol. The Kier molecular flexibility index (Phi) is 5.33. The average Bonchev–Trinajstić information content (AvgIpc) is 2.45. The Labute approximate surface area is 131 Å². The smallest absolute Gasteiger partial charge is 0.0672 e. The maximum atomic E-state index is 9.56. The van der Waals surface area contributed by atoms with Crippen LogP contribution >= 0.6 is 0 Å².